The summed E-state index contributed by atoms with van der Waals surface area (Å²) in [6.07, 6.45) is 1.82. The molecule has 0 saturated heterocycles. The summed E-state index contributed by atoms with van der Waals surface area (Å²) in [5.74, 6) is 0. The monoisotopic (exact) mass is 276 g/mol. The lowest BCUT2D eigenvalue weighted by atomic mass is 10.2. The maximum Gasteiger partial charge on any atom is 0.186 e. The number of nitrogens with two attached hydrogens (primary N) is 1. The smallest absolute Gasteiger partial charge is 0.186 e. The van der Waals surface area contributed by atoms with E-state index in [2.05, 4.69) is 21.8 Å². The fourth-order valence-electron chi connectivity index (χ4n) is 1.95. The van der Waals surface area contributed by atoms with Gasteiger partial charge in [0.2, 0.25) is 0 Å². The van der Waals surface area contributed by atoms with E-state index < -0.39 is 0 Å². The van der Waals surface area contributed by atoms with Crippen molar-refractivity contribution in [2.45, 2.75) is 33.4 Å². The highest BCUT2D eigenvalue weighted by atomic mass is 32.1. The third-order valence-corrected chi connectivity index (χ3v) is 4.39. The van der Waals surface area contributed by atoms with Crippen molar-refractivity contribution >= 4 is 16.5 Å². The summed E-state index contributed by atoms with van der Waals surface area (Å²) in [4.78, 5) is 12.4. The van der Waals surface area contributed by atoms with Gasteiger partial charge in [0.05, 0.1) is 17.9 Å². The molecule has 2 aromatic heterocycles. The Kier molecular flexibility index (Phi) is 4.50. The lowest BCUT2D eigenvalue weighted by Gasteiger charge is -2.19. The molecule has 0 fully saturated rings. The molecule has 0 spiro atoms. The molecule has 0 bridgehead atoms. The molecule has 5 heteroatoms. The normalized spacial score (nSPS) is 12.4. The topological polar surface area (TPSA) is 55.0 Å². The lowest BCUT2D eigenvalue weighted by molar-refractivity contribution is 0.800. The summed E-state index contributed by atoms with van der Waals surface area (Å²) in [6.45, 7) is 7.84. The maximum absolute atomic E-state index is 5.96. The van der Waals surface area contributed by atoms with E-state index >= 15 is 0 Å². The van der Waals surface area contributed by atoms with Gasteiger partial charge in [-0.15, -0.1) is 11.3 Å². The number of hydrogen-bond donors (Lipinski definition) is 1. The van der Waals surface area contributed by atoms with Gasteiger partial charge in [-0.1, -0.05) is 6.07 Å². The molecule has 19 heavy (non-hydrogen) atoms. The number of pyridine rings is 1. The number of rotatable bonds is 5. The van der Waals surface area contributed by atoms with E-state index in [-0.39, 0.29) is 6.04 Å². The summed E-state index contributed by atoms with van der Waals surface area (Å²) < 4.78 is 0. The van der Waals surface area contributed by atoms with Gasteiger partial charge < -0.3 is 10.6 Å². The van der Waals surface area contributed by atoms with Crippen molar-refractivity contribution in [2.24, 2.45) is 5.73 Å². The van der Waals surface area contributed by atoms with E-state index in [0.29, 0.717) is 0 Å². The van der Waals surface area contributed by atoms with Crippen LogP contribution in [0.1, 0.15) is 36.2 Å². The van der Waals surface area contributed by atoms with Crippen LogP contribution in [0.2, 0.25) is 0 Å². The van der Waals surface area contributed by atoms with E-state index in [1.54, 1.807) is 11.3 Å². The molecule has 0 aliphatic heterocycles. The van der Waals surface area contributed by atoms with E-state index in [0.717, 1.165) is 34.5 Å². The Bertz CT molecular complexity index is 521. The number of thiazole rings is 1. The van der Waals surface area contributed by atoms with E-state index in [4.69, 9.17) is 5.73 Å². The summed E-state index contributed by atoms with van der Waals surface area (Å²) in [6, 6.07) is 6.02. The highest BCUT2D eigenvalue weighted by Crippen LogP contribution is 2.30. The van der Waals surface area contributed by atoms with E-state index in [9.17, 15) is 0 Å². The second kappa shape index (κ2) is 6.12. The summed E-state index contributed by atoms with van der Waals surface area (Å²) in [7, 11) is 0. The fraction of sp³-hybridized carbons (Fsp3) is 0.429. The zero-order chi connectivity index (χ0) is 13.8. The Balaban J connectivity index is 2.20. The fourth-order valence-corrected chi connectivity index (χ4v) is 3.03. The van der Waals surface area contributed by atoms with Gasteiger partial charge >= 0.3 is 0 Å². The molecule has 0 aromatic carbocycles. The van der Waals surface area contributed by atoms with Crippen LogP contribution in [0.4, 0.5) is 5.13 Å². The predicted octanol–water partition coefficient (Wildman–Crippen LogP) is 2.89. The average molecular weight is 276 g/mol. The molecule has 2 rings (SSSR count). The Labute approximate surface area is 118 Å². The van der Waals surface area contributed by atoms with Crippen LogP contribution in [-0.4, -0.2) is 16.5 Å². The summed E-state index contributed by atoms with van der Waals surface area (Å²) >= 11 is 1.68. The van der Waals surface area contributed by atoms with Gasteiger partial charge in [0.25, 0.3) is 0 Å². The van der Waals surface area contributed by atoms with Crippen LogP contribution in [0.25, 0.3) is 0 Å². The molecule has 2 aromatic rings. The van der Waals surface area contributed by atoms with Crippen LogP contribution < -0.4 is 10.6 Å². The Hall–Kier alpha value is -1.46. The van der Waals surface area contributed by atoms with E-state index in [1.165, 1.54) is 0 Å². The number of anilines is 1. The first-order valence-corrected chi connectivity index (χ1v) is 7.31. The molecule has 0 radical (unpaired) electrons. The second-order valence-corrected chi connectivity index (χ2v) is 5.58. The zero-order valence-corrected chi connectivity index (χ0v) is 12.4. The molecule has 0 aliphatic rings. The first kappa shape index (κ1) is 14.0. The van der Waals surface area contributed by atoms with Crippen molar-refractivity contribution in [1.29, 1.82) is 0 Å². The minimum Gasteiger partial charge on any atom is -0.342 e. The van der Waals surface area contributed by atoms with Crippen LogP contribution in [0, 0.1) is 6.92 Å². The molecule has 0 aliphatic carbocycles. The molecule has 1 unspecified atom stereocenters. The van der Waals surface area contributed by atoms with Crippen LogP contribution in [0.3, 0.4) is 0 Å². The molecule has 1 atom stereocenters. The highest BCUT2D eigenvalue weighted by molar-refractivity contribution is 7.15. The van der Waals surface area contributed by atoms with Gasteiger partial charge in [-0.3, -0.25) is 4.98 Å². The summed E-state index contributed by atoms with van der Waals surface area (Å²) in [5.41, 5.74) is 8.05. The Morgan fingerprint density at radius 3 is 2.74 bits per heavy atom. The van der Waals surface area contributed by atoms with Crippen molar-refractivity contribution in [3.8, 4) is 0 Å². The molecule has 0 saturated carbocycles. The largest absolute Gasteiger partial charge is 0.342 e. The molecular weight excluding hydrogens is 256 g/mol. The van der Waals surface area contributed by atoms with Crippen LogP contribution >= 0.6 is 11.3 Å². The number of aromatic nitrogens is 2. The minimum absolute atomic E-state index is 0.0415. The predicted molar refractivity (Wildman–Crippen MR) is 80.4 cm³/mol. The first-order chi connectivity index (χ1) is 9.11. The second-order valence-electron chi connectivity index (χ2n) is 4.57. The molecule has 0 amide bonds. The van der Waals surface area contributed by atoms with Gasteiger partial charge in [0.1, 0.15) is 0 Å². The molecule has 4 nitrogen and oxygen atoms in total. The SMILES string of the molecule is CCN(Cc1ccccn1)c1nc(C)c(C(C)N)s1. The quantitative estimate of drug-likeness (QED) is 0.912. The zero-order valence-electron chi connectivity index (χ0n) is 11.6. The lowest BCUT2D eigenvalue weighted by Crippen LogP contribution is -2.22. The Morgan fingerprint density at radius 1 is 1.42 bits per heavy atom. The number of aryl methyl sites for hydroxylation is 1. The highest BCUT2D eigenvalue weighted by Gasteiger charge is 2.15. The van der Waals surface area contributed by atoms with Gasteiger partial charge in [0, 0.05) is 23.7 Å². The molecular formula is C14H20N4S. The van der Waals surface area contributed by atoms with Crippen molar-refractivity contribution in [1.82, 2.24) is 9.97 Å². The van der Waals surface area contributed by atoms with Crippen LogP contribution in [0.15, 0.2) is 24.4 Å². The molecule has 2 heterocycles. The maximum atomic E-state index is 5.96. The van der Waals surface area contributed by atoms with Gasteiger partial charge in [-0.2, -0.15) is 0 Å². The first-order valence-electron chi connectivity index (χ1n) is 6.49. The van der Waals surface area contributed by atoms with Gasteiger partial charge in [-0.05, 0) is 32.9 Å². The molecule has 102 valence electrons. The van der Waals surface area contributed by atoms with Crippen molar-refractivity contribution in [2.75, 3.05) is 11.4 Å². The number of nitrogens with zero attached hydrogens (tertiary/aromatic N) is 3. The number of hydrogen-bond acceptors (Lipinski definition) is 5. The average Bonchev–Trinajstić information content (AvgIpc) is 2.79. The van der Waals surface area contributed by atoms with Gasteiger partial charge in [-0.25, -0.2) is 4.98 Å². The minimum atomic E-state index is 0.0415. The standard InChI is InChI=1S/C14H20N4S/c1-4-18(9-12-7-5-6-8-16-12)14-17-11(3)13(19-14)10(2)15/h5-8,10H,4,9,15H2,1-3H3. The third kappa shape index (κ3) is 3.30. The van der Waals surface area contributed by atoms with Crippen molar-refractivity contribution < 1.29 is 0 Å². The summed E-state index contributed by atoms with van der Waals surface area (Å²) in [5, 5.41) is 1.03. The Morgan fingerprint density at radius 2 is 2.21 bits per heavy atom. The van der Waals surface area contributed by atoms with E-state index in [1.807, 2.05) is 38.2 Å². The third-order valence-electron chi connectivity index (χ3n) is 2.97. The van der Waals surface area contributed by atoms with Crippen LogP contribution in [-0.2, 0) is 6.54 Å². The van der Waals surface area contributed by atoms with Crippen molar-refractivity contribution in [3.63, 3.8) is 0 Å². The van der Waals surface area contributed by atoms with Crippen LogP contribution in [0.5, 0.6) is 0 Å². The van der Waals surface area contributed by atoms with Gasteiger partial charge in [0.15, 0.2) is 5.13 Å². The van der Waals surface area contributed by atoms with Crippen molar-refractivity contribution in [3.05, 3.63) is 40.7 Å². The molecule has 2 N–H and O–H groups in total.